The summed E-state index contributed by atoms with van der Waals surface area (Å²) in [5, 5.41) is 5.52. The number of anilines is 1. The maximum Gasteiger partial charge on any atom is 0.257 e. The summed E-state index contributed by atoms with van der Waals surface area (Å²) in [6.07, 6.45) is 1.36. The van der Waals surface area contributed by atoms with Crippen LogP contribution >= 0.6 is 11.6 Å². The summed E-state index contributed by atoms with van der Waals surface area (Å²) in [6, 6.07) is 8.90. The number of nitrogens with two attached hydrogens (primary N) is 1. The first-order valence-electron chi connectivity index (χ1n) is 6.78. The molecule has 0 aromatic heterocycles. The van der Waals surface area contributed by atoms with Gasteiger partial charge in [0.05, 0.1) is 10.6 Å². The first-order valence-corrected chi connectivity index (χ1v) is 10.2. The highest BCUT2D eigenvalue weighted by Crippen LogP contribution is 2.24. The van der Waals surface area contributed by atoms with Crippen molar-refractivity contribution in [2.45, 2.75) is 11.8 Å². The van der Waals surface area contributed by atoms with E-state index in [0.29, 0.717) is 10.6 Å². The molecule has 0 saturated heterocycles. The van der Waals surface area contributed by atoms with E-state index >= 15 is 0 Å². The monoisotopic (exact) mass is 404 g/mol. The molecule has 0 radical (unpaired) electrons. The van der Waals surface area contributed by atoms with Gasteiger partial charge in [0.1, 0.15) is 10.7 Å². The van der Waals surface area contributed by atoms with Crippen LogP contribution in [-0.2, 0) is 20.0 Å². The highest BCUT2D eigenvalue weighted by Gasteiger charge is 2.20. The van der Waals surface area contributed by atoms with Crippen molar-refractivity contribution < 1.29 is 21.2 Å². The zero-order valence-electron chi connectivity index (χ0n) is 12.9. The minimum absolute atomic E-state index is 0.112. The van der Waals surface area contributed by atoms with Crippen LogP contribution in [0.3, 0.4) is 0 Å². The van der Waals surface area contributed by atoms with Gasteiger partial charge in [-0.05, 0) is 48.9 Å². The fourth-order valence-electron chi connectivity index (χ4n) is 1.93. The number of benzene rings is 2. The number of rotatable bonds is 5. The second-order valence-electron chi connectivity index (χ2n) is 5.10. The second-order valence-corrected chi connectivity index (χ2v) is 8.92. The van der Waals surface area contributed by atoms with Crippen LogP contribution in [0.1, 0.15) is 12.5 Å². The first-order chi connectivity index (χ1) is 11.5. The standard InChI is InChI=1S/C15H14ClFN2O4S2/c1-10(8-11-2-4-12(16)5-3-11)25(22,23)19-14-9-13(17)6-7-15(14)24(18,20)21/h2-9,19H,1H3,(H2,18,20,21)/b10-8+. The summed E-state index contributed by atoms with van der Waals surface area (Å²) in [5.41, 5.74) is 0.101. The molecular formula is C15H14ClFN2O4S2. The second kappa shape index (κ2) is 7.12. The molecular weight excluding hydrogens is 391 g/mol. The van der Waals surface area contributed by atoms with E-state index in [1.54, 1.807) is 24.3 Å². The maximum atomic E-state index is 13.4. The Morgan fingerprint density at radius 1 is 1.12 bits per heavy atom. The van der Waals surface area contributed by atoms with Crippen LogP contribution in [-0.4, -0.2) is 16.8 Å². The molecule has 6 nitrogen and oxygen atoms in total. The molecule has 2 rings (SSSR count). The lowest BCUT2D eigenvalue weighted by Crippen LogP contribution is -2.19. The van der Waals surface area contributed by atoms with Gasteiger partial charge in [-0.25, -0.2) is 26.4 Å². The molecule has 10 heteroatoms. The van der Waals surface area contributed by atoms with Crippen molar-refractivity contribution in [2.24, 2.45) is 5.14 Å². The average molecular weight is 405 g/mol. The van der Waals surface area contributed by atoms with Crippen LogP contribution < -0.4 is 9.86 Å². The molecule has 25 heavy (non-hydrogen) atoms. The zero-order valence-corrected chi connectivity index (χ0v) is 15.3. The fraction of sp³-hybridized carbons (Fsp3) is 0.0667. The van der Waals surface area contributed by atoms with E-state index in [2.05, 4.69) is 0 Å². The molecule has 2 aromatic rings. The topological polar surface area (TPSA) is 106 Å². The Morgan fingerprint density at radius 2 is 1.72 bits per heavy atom. The van der Waals surface area contributed by atoms with Crippen LogP contribution in [0.25, 0.3) is 6.08 Å². The predicted octanol–water partition coefficient (Wildman–Crippen LogP) is 2.93. The molecule has 3 N–H and O–H groups in total. The summed E-state index contributed by atoms with van der Waals surface area (Å²) in [6.45, 7) is 1.31. The van der Waals surface area contributed by atoms with Crippen molar-refractivity contribution in [3.05, 3.63) is 63.8 Å². The predicted molar refractivity (Wildman–Crippen MR) is 95.4 cm³/mol. The molecule has 134 valence electrons. The van der Waals surface area contributed by atoms with Gasteiger partial charge in [0.25, 0.3) is 10.0 Å². The molecule has 0 atom stereocenters. The number of primary sulfonamides is 1. The largest absolute Gasteiger partial charge is 0.278 e. The van der Waals surface area contributed by atoms with Gasteiger partial charge in [-0.2, -0.15) is 0 Å². The van der Waals surface area contributed by atoms with Crippen molar-refractivity contribution in [1.82, 2.24) is 0 Å². The van der Waals surface area contributed by atoms with Gasteiger partial charge in [-0.1, -0.05) is 23.7 Å². The molecule has 0 aliphatic rings. The van der Waals surface area contributed by atoms with Crippen LogP contribution in [0.2, 0.25) is 5.02 Å². The summed E-state index contributed by atoms with van der Waals surface area (Å²) in [5.74, 6) is -0.815. The van der Waals surface area contributed by atoms with Crippen LogP contribution in [0, 0.1) is 5.82 Å². The van der Waals surface area contributed by atoms with Gasteiger partial charge in [-0.3, -0.25) is 4.72 Å². The van der Waals surface area contributed by atoms with E-state index in [1.807, 2.05) is 4.72 Å². The lowest BCUT2D eigenvalue weighted by molar-refractivity contribution is 0.597. The number of halogens is 2. The van der Waals surface area contributed by atoms with Crippen molar-refractivity contribution in [3.63, 3.8) is 0 Å². The van der Waals surface area contributed by atoms with Crippen LogP contribution in [0.15, 0.2) is 52.3 Å². The van der Waals surface area contributed by atoms with Gasteiger partial charge in [-0.15, -0.1) is 0 Å². The van der Waals surface area contributed by atoms with Crippen molar-refractivity contribution in [3.8, 4) is 0 Å². The van der Waals surface area contributed by atoms with E-state index in [0.717, 1.165) is 18.2 Å². The first kappa shape index (κ1) is 19.4. The lowest BCUT2D eigenvalue weighted by atomic mass is 10.2. The summed E-state index contributed by atoms with van der Waals surface area (Å²) < 4.78 is 63.3. The highest BCUT2D eigenvalue weighted by atomic mass is 35.5. The highest BCUT2D eigenvalue weighted by molar-refractivity contribution is 7.96. The van der Waals surface area contributed by atoms with E-state index in [1.165, 1.54) is 13.0 Å². The summed E-state index contributed by atoms with van der Waals surface area (Å²) >= 11 is 5.76. The molecule has 0 saturated carbocycles. The molecule has 2 aromatic carbocycles. The summed E-state index contributed by atoms with van der Waals surface area (Å²) in [4.78, 5) is -0.642. The normalized spacial score (nSPS) is 12.9. The number of hydrogen-bond acceptors (Lipinski definition) is 4. The SMILES string of the molecule is C/C(=C\c1ccc(Cl)cc1)S(=O)(=O)Nc1cc(F)ccc1S(N)(=O)=O. The Kier molecular flexibility index (Phi) is 5.52. The molecule has 0 bridgehead atoms. The van der Waals surface area contributed by atoms with E-state index in [4.69, 9.17) is 16.7 Å². The van der Waals surface area contributed by atoms with Crippen molar-refractivity contribution >= 4 is 43.4 Å². The Morgan fingerprint density at radius 3 is 2.28 bits per heavy atom. The molecule has 0 aliphatic carbocycles. The summed E-state index contributed by atoms with van der Waals surface area (Å²) in [7, 11) is -8.37. The number of nitrogens with one attached hydrogen (secondary N) is 1. The quantitative estimate of drug-likeness (QED) is 0.798. The molecule has 0 amide bonds. The van der Waals surface area contributed by atoms with Crippen LogP contribution in [0.5, 0.6) is 0 Å². The van der Waals surface area contributed by atoms with Crippen LogP contribution in [0.4, 0.5) is 10.1 Å². The van der Waals surface area contributed by atoms with E-state index in [9.17, 15) is 21.2 Å². The zero-order chi connectivity index (χ0) is 18.8. The fourth-order valence-corrected chi connectivity index (χ4v) is 3.70. The molecule has 0 unspecified atom stereocenters. The van der Waals surface area contributed by atoms with Gasteiger partial charge in [0, 0.05) is 5.02 Å². The number of hydrogen-bond donors (Lipinski definition) is 2. The maximum absolute atomic E-state index is 13.4. The molecule has 0 spiro atoms. The van der Waals surface area contributed by atoms with E-state index < -0.39 is 36.4 Å². The van der Waals surface area contributed by atoms with Gasteiger partial charge >= 0.3 is 0 Å². The average Bonchev–Trinajstić information content (AvgIpc) is 2.47. The van der Waals surface area contributed by atoms with Gasteiger partial charge in [0.15, 0.2) is 0 Å². The third-order valence-corrected chi connectivity index (χ3v) is 5.83. The van der Waals surface area contributed by atoms with Crippen molar-refractivity contribution in [1.29, 1.82) is 0 Å². The Balaban J connectivity index is 2.42. The third kappa shape index (κ3) is 5.02. The van der Waals surface area contributed by atoms with E-state index in [-0.39, 0.29) is 4.91 Å². The Hall–Kier alpha value is -1.94. The van der Waals surface area contributed by atoms with Gasteiger partial charge in [0.2, 0.25) is 10.0 Å². The minimum atomic E-state index is -4.24. The van der Waals surface area contributed by atoms with Crippen molar-refractivity contribution in [2.75, 3.05) is 4.72 Å². The third-order valence-electron chi connectivity index (χ3n) is 3.16. The molecule has 0 heterocycles. The molecule has 0 aliphatic heterocycles. The minimum Gasteiger partial charge on any atom is -0.278 e. The smallest absolute Gasteiger partial charge is 0.257 e. The number of allylic oxidation sites excluding steroid dienone is 1. The van der Waals surface area contributed by atoms with Gasteiger partial charge < -0.3 is 0 Å². The Labute approximate surface area is 150 Å². The molecule has 0 fully saturated rings. The number of sulfonamides is 2. The Bertz CT molecular complexity index is 1030. The lowest BCUT2D eigenvalue weighted by Gasteiger charge is -2.12.